The second-order valence-electron chi connectivity index (χ2n) is 4.65. The van der Waals surface area contributed by atoms with Crippen LogP contribution in [0.15, 0.2) is 54.9 Å². The topological polar surface area (TPSA) is 67.7 Å². The van der Waals surface area contributed by atoms with Crippen molar-refractivity contribution in [3.8, 4) is 5.75 Å². The molecule has 0 saturated carbocycles. The molecular formula is C16H16N4O2. The zero-order chi connectivity index (χ0) is 15.4. The lowest BCUT2D eigenvalue weighted by atomic mass is 10.3. The van der Waals surface area contributed by atoms with Crippen molar-refractivity contribution in [1.82, 2.24) is 9.61 Å². The Morgan fingerprint density at radius 2 is 1.91 bits per heavy atom. The summed E-state index contributed by atoms with van der Waals surface area (Å²) in [5.41, 5.74) is 2.32. The molecule has 0 saturated heterocycles. The third kappa shape index (κ3) is 3.17. The Morgan fingerprint density at radius 3 is 2.68 bits per heavy atom. The van der Waals surface area contributed by atoms with Crippen LogP contribution in [0.25, 0.3) is 5.52 Å². The van der Waals surface area contributed by atoms with E-state index in [4.69, 9.17) is 4.74 Å². The van der Waals surface area contributed by atoms with Crippen molar-refractivity contribution in [3.05, 3.63) is 54.9 Å². The second kappa shape index (κ2) is 6.17. The molecule has 3 aromatic rings. The van der Waals surface area contributed by atoms with Crippen LogP contribution in [0.2, 0.25) is 0 Å². The molecule has 2 heterocycles. The maximum Gasteiger partial charge on any atom is 0.323 e. The molecule has 0 bridgehead atoms. The maximum atomic E-state index is 12.0. The highest BCUT2D eigenvalue weighted by Gasteiger charge is 2.04. The molecule has 112 valence electrons. The Morgan fingerprint density at radius 1 is 1.14 bits per heavy atom. The number of carbonyl (C=O) groups is 1. The number of ether oxygens (including phenoxy) is 1. The van der Waals surface area contributed by atoms with Gasteiger partial charge in [0.15, 0.2) is 0 Å². The zero-order valence-corrected chi connectivity index (χ0v) is 12.1. The van der Waals surface area contributed by atoms with Crippen molar-refractivity contribution in [3.63, 3.8) is 0 Å². The van der Waals surface area contributed by atoms with Gasteiger partial charge in [-0.2, -0.15) is 5.10 Å². The van der Waals surface area contributed by atoms with Crippen LogP contribution in [0.5, 0.6) is 5.75 Å². The molecule has 2 N–H and O–H groups in total. The lowest BCUT2D eigenvalue weighted by Crippen LogP contribution is -2.19. The summed E-state index contributed by atoms with van der Waals surface area (Å²) >= 11 is 0. The first-order chi connectivity index (χ1) is 10.7. The van der Waals surface area contributed by atoms with Gasteiger partial charge in [0, 0.05) is 23.8 Å². The van der Waals surface area contributed by atoms with Gasteiger partial charge in [-0.15, -0.1) is 0 Å². The standard InChI is InChI=1S/C16H16N4O2/c1-2-22-15-5-3-12(4-6-15)18-16(21)19-13-8-10-20-14(11-13)7-9-17-20/h3-11H,2H2,1H3,(H2,18,19,21). The first-order valence-corrected chi connectivity index (χ1v) is 6.99. The molecule has 1 aromatic carbocycles. The molecule has 0 unspecified atom stereocenters. The molecule has 0 radical (unpaired) electrons. The summed E-state index contributed by atoms with van der Waals surface area (Å²) in [5, 5.41) is 9.67. The number of fused-ring (bicyclic) bond motifs is 1. The first kappa shape index (κ1) is 13.9. The second-order valence-corrected chi connectivity index (χ2v) is 4.65. The van der Waals surface area contributed by atoms with Gasteiger partial charge < -0.3 is 15.4 Å². The van der Waals surface area contributed by atoms with Crippen LogP contribution in [0.4, 0.5) is 16.2 Å². The summed E-state index contributed by atoms with van der Waals surface area (Å²) in [4.78, 5) is 12.0. The quantitative estimate of drug-likeness (QED) is 0.775. The fourth-order valence-electron chi connectivity index (χ4n) is 2.09. The van der Waals surface area contributed by atoms with Gasteiger partial charge in [-0.05, 0) is 49.4 Å². The number of benzene rings is 1. The number of carbonyl (C=O) groups excluding carboxylic acids is 1. The van der Waals surface area contributed by atoms with Gasteiger partial charge in [0.05, 0.1) is 12.1 Å². The van der Waals surface area contributed by atoms with E-state index in [1.807, 2.05) is 31.2 Å². The van der Waals surface area contributed by atoms with E-state index in [9.17, 15) is 4.79 Å². The van der Waals surface area contributed by atoms with Gasteiger partial charge in [0.2, 0.25) is 0 Å². The average molecular weight is 296 g/mol. The molecule has 0 aliphatic heterocycles. The molecule has 0 fully saturated rings. The lowest BCUT2D eigenvalue weighted by molar-refractivity contribution is 0.262. The molecule has 3 rings (SSSR count). The van der Waals surface area contributed by atoms with E-state index in [-0.39, 0.29) is 6.03 Å². The Bertz CT molecular complexity index is 780. The average Bonchev–Trinajstić information content (AvgIpc) is 2.97. The fraction of sp³-hybridized carbons (Fsp3) is 0.125. The van der Waals surface area contributed by atoms with E-state index in [2.05, 4.69) is 15.7 Å². The predicted octanol–water partition coefficient (Wildman–Crippen LogP) is 3.38. The highest BCUT2D eigenvalue weighted by molar-refractivity contribution is 6.00. The van der Waals surface area contributed by atoms with Crippen molar-refractivity contribution in [2.75, 3.05) is 17.2 Å². The summed E-state index contributed by atoms with van der Waals surface area (Å²) in [6.45, 7) is 2.54. The SMILES string of the molecule is CCOc1ccc(NC(=O)Nc2ccn3nccc3c2)cc1. The molecule has 6 heteroatoms. The summed E-state index contributed by atoms with van der Waals surface area (Å²) < 4.78 is 7.09. The Labute approximate surface area is 127 Å². The minimum Gasteiger partial charge on any atom is -0.494 e. The van der Waals surface area contributed by atoms with Gasteiger partial charge in [-0.25, -0.2) is 9.31 Å². The summed E-state index contributed by atoms with van der Waals surface area (Å²) in [7, 11) is 0. The van der Waals surface area contributed by atoms with Gasteiger partial charge in [-0.1, -0.05) is 0 Å². The number of rotatable bonds is 4. The maximum absolute atomic E-state index is 12.0. The van der Waals surface area contributed by atoms with Crippen LogP contribution in [0, 0.1) is 0 Å². The summed E-state index contributed by atoms with van der Waals surface area (Å²) in [6, 6.07) is 12.4. The van der Waals surface area contributed by atoms with Crippen molar-refractivity contribution in [2.45, 2.75) is 6.92 Å². The molecule has 6 nitrogen and oxygen atoms in total. The lowest BCUT2D eigenvalue weighted by Gasteiger charge is -2.09. The molecule has 2 aromatic heterocycles. The third-order valence-corrected chi connectivity index (χ3v) is 3.08. The molecule has 0 spiro atoms. The molecule has 22 heavy (non-hydrogen) atoms. The Kier molecular flexibility index (Phi) is 3.91. The largest absolute Gasteiger partial charge is 0.494 e. The van der Waals surface area contributed by atoms with E-state index in [0.29, 0.717) is 18.0 Å². The van der Waals surface area contributed by atoms with Gasteiger partial charge in [-0.3, -0.25) is 0 Å². The van der Waals surface area contributed by atoms with E-state index in [1.54, 1.807) is 35.1 Å². The number of hydrogen-bond donors (Lipinski definition) is 2. The summed E-state index contributed by atoms with van der Waals surface area (Å²) in [5.74, 6) is 0.777. The summed E-state index contributed by atoms with van der Waals surface area (Å²) in [6.07, 6.45) is 3.50. The highest BCUT2D eigenvalue weighted by atomic mass is 16.5. The zero-order valence-electron chi connectivity index (χ0n) is 12.1. The number of pyridine rings is 1. The number of nitrogens with one attached hydrogen (secondary N) is 2. The molecule has 0 aliphatic carbocycles. The van der Waals surface area contributed by atoms with Gasteiger partial charge in [0.1, 0.15) is 5.75 Å². The van der Waals surface area contributed by atoms with Crippen LogP contribution < -0.4 is 15.4 Å². The van der Waals surface area contributed by atoms with Gasteiger partial charge in [0.25, 0.3) is 0 Å². The smallest absolute Gasteiger partial charge is 0.323 e. The fourth-order valence-corrected chi connectivity index (χ4v) is 2.09. The number of urea groups is 1. The van der Waals surface area contributed by atoms with Crippen LogP contribution in [0.3, 0.4) is 0 Å². The van der Waals surface area contributed by atoms with Crippen LogP contribution in [-0.2, 0) is 0 Å². The third-order valence-electron chi connectivity index (χ3n) is 3.08. The number of amides is 2. The van der Waals surface area contributed by atoms with E-state index >= 15 is 0 Å². The van der Waals surface area contributed by atoms with E-state index in [1.165, 1.54) is 0 Å². The van der Waals surface area contributed by atoms with Crippen LogP contribution >= 0.6 is 0 Å². The van der Waals surface area contributed by atoms with Crippen LogP contribution in [0.1, 0.15) is 6.92 Å². The van der Waals surface area contributed by atoms with Gasteiger partial charge >= 0.3 is 6.03 Å². The van der Waals surface area contributed by atoms with E-state index < -0.39 is 0 Å². The van der Waals surface area contributed by atoms with Crippen molar-refractivity contribution in [1.29, 1.82) is 0 Å². The molecule has 0 aliphatic rings. The van der Waals surface area contributed by atoms with Crippen molar-refractivity contribution < 1.29 is 9.53 Å². The monoisotopic (exact) mass is 296 g/mol. The Hall–Kier alpha value is -3.02. The van der Waals surface area contributed by atoms with Crippen LogP contribution in [-0.4, -0.2) is 22.3 Å². The normalized spacial score (nSPS) is 10.4. The minimum absolute atomic E-state index is 0.298. The first-order valence-electron chi connectivity index (χ1n) is 6.99. The number of hydrogen-bond acceptors (Lipinski definition) is 3. The number of nitrogens with zero attached hydrogens (tertiary/aromatic N) is 2. The molecular weight excluding hydrogens is 280 g/mol. The number of aromatic nitrogens is 2. The number of anilines is 2. The Balaban J connectivity index is 1.63. The molecule has 2 amide bonds. The van der Waals surface area contributed by atoms with E-state index in [0.717, 1.165) is 11.3 Å². The minimum atomic E-state index is -0.298. The van der Waals surface area contributed by atoms with Crippen molar-refractivity contribution >= 4 is 22.9 Å². The highest BCUT2D eigenvalue weighted by Crippen LogP contribution is 2.16. The predicted molar refractivity (Wildman–Crippen MR) is 85.4 cm³/mol. The molecule has 0 atom stereocenters. The van der Waals surface area contributed by atoms with Crippen molar-refractivity contribution in [2.24, 2.45) is 0 Å².